The Morgan fingerprint density at radius 1 is 1.29 bits per heavy atom. The second-order valence-corrected chi connectivity index (χ2v) is 6.83. The summed E-state index contributed by atoms with van der Waals surface area (Å²) in [5, 5.41) is 10.9. The molecule has 24 heavy (non-hydrogen) atoms. The first-order valence-electron chi connectivity index (χ1n) is 6.97. The molecule has 0 radical (unpaired) electrons. The molecule has 0 saturated carbocycles. The topological polar surface area (TPSA) is 77.5 Å². The van der Waals surface area contributed by atoms with Gasteiger partial charge in [-0.05, 0) is 24.5 Å². The minimum Gasteiger partial charge on any atom is -0.319 e. The summed E-state index contributed by atoms with van der Waals surface area (Å²) in [5.74, 6) is -0.323. The van der Waals surface area contributed by atoms with Crippen molar-refractivity contribution in [2.45, 2.75) is 4.90 Å². The molecule has 0 bridgehead atoms. The van der Waals surface area contributed by atoms with E-state index in [4.69, 9.17) is 0 Å². The molecule has 0 unspecified atom stereocenters. The molecule has 8 heteroatoms. The van der Waals surface area contributed by atoms with Gasteiger partial charge in [0.15, 0.2) is 4.80 Å². The fraction of sp³-hybridized carbons (Fsp3) is 0.125. The molecular formula is C16H13N3O3S2. The van der Waals surface area contributed by atoms with Crippen molar-refractivity contribution in [1.82, 2.24) is 4.57 Å². The molecule has 0 atom stereocenters. The van der Waals surface area contributed by atoms with Gasteiger partial charge in [0.1, 0.15) is 0 Å². The molecule has 0 aliphatic rings. The minimum absolute atomic E-state index is 0.0153. The second kappa shape index (κ2) is 6.58. The van der Waals surface area contributed by atoms with Crippen LogP contribution in [0.1, 0.15) is 10.4 Å². The number of thiazole rings is 1. The van der Waals surface area contributed by atoms with Crippen molar-refractivity contribution < 1.29 is 9.72 Å². The Labute approximate surface area is 145 Å². The summed E-state index contributed by atoms with van der Waals surface area (Å²) in [6.45, 7) is 0. The van der Waals surface area contributed by atoms with Crippen molar-refractivity contribution in [2.75, 3.05) is 6.26 Å². The fourth-order valence-electron chi connectivity index (χ4n) is 2.30. The molecule has 0 saturated heterocycles. The van der Waals surface area contributed by atoms with Gasteiger partial charge in [-0.2, -0.15) is 4.99 Å². The molecule has 1 amide bonds. The average molecular weight is 359 g/mol. The van der Waals surface area contributed by atoms with Crippen LogP contribution < -0.4 is 4.80 Å². The monoisotopic (exact) mass is 359 g/mol. The number of thioether (sulfide) groups is 1. The maximum atomic E-state index is 12.5. The molecule has 0 aliphatic heterocycles. The summed E-state index contributed by atoms with van der Waals surface area (Å²) >= 11 is 2.82. The number of benzene rings is 2. The summed E-state index contributed by atoms with van der Waals surface area (Å²) in [6.07, 6.45) is 1.91. The zero-order chi connectivity index (χ0) is 17.3. The number of carbonyl (C=O) groups is 1. The lowest BCUT2D eigenvalue weighted by atomic mass is 10.2. The molecular weight excluding hydrogens is 346 g/mol. The Hall–Kier alpha value is -2.45. The van der Waals surface area contributed by atoms with Gasteiger partial charge in [0.2, 0.25) is 0 Å². The summed E-state index contributed by atoms with van der Waals surface area (Å²) in [6, 6.07) is 11.9. The van der Waals surface area contributed by atoms with Crippen LogP contribution in [0.4, 0.5) is 5.69 Å². The smallest absolute Gasteiger partial charge is 0.280 e. The molecule has 1 heterocycles. The molecule has 1 aromatic heterocycles. The van der Waals surface area contributed by atoms with Crippen LogP contribution in [-0.4, -0.2) is 21.7 Å². The van der Waals surface area contributed by atoms with Crippen molar-refractivity contribution in [3.05, 3.63) is 62.9 Å². The lowest BCUT2D eigenvalue weighted by Gasteiger charge is -2.02. The van der Waals surface area contributed by atoms with Crippen LogP contribution in [0.2, 0.25) is 0 Å². The van der Waals surface area contributed by atoms with E-state index in [1.807, 2.05) is 18.4 Å². The number of nitrogens with zero attached hydrogens (tertiary/aromatic N) is 3. The molecule has 3 aromatic rings. The Morgan fingerprint density at radius 3 is 2.75 bits per heavy atom. The van der Waals surface area contributed by atoms with Crippen LogP contribution in [0, 0.1) is 10.1 Å². The van der Waals surface area contributed by atoms with Gasteiger partial charge >= 0.3 is 0 Å². The van der Waals surface area contributed by atoms with Gasteiger partial charge in [-0.1, -0.05) is 23.5 Å². The second-order valence-electron chi connectivity index (χ2n) is 4.97. The molecule has 0 aliphatic carbocycles. The lowest BCUT2D eigenvalue weighted by molar-refractivity contribution is -0.384. The van der Waals surface area contributed by atoms with E-state index >= 15 is 0 Å². The van der Waals surface area contributed by atoms with Crippen molar-refractivity contribution >= 4 is 44.9 Å². The average Bonchev–Trinajstić information content (AvgIpc) is 2.90. The van der Waals surface area contributed by atoms with E-state index in [-0.39, 0.29) is 11.6 Å². The van der Waals surface area contributed by atoms with Gasteiger partial charge in [-0.25, -0.2) is 0 Å². The number of non-ortho nitro benzene ring substituents is 1. The molecule has 0 spiro atoms. The maximum absolute atomic E-state index is 12.5. The van der Waals surface area contributed by atoms with Crippen molar-refractivity contribution in [1.29, 1.82) is 0 Å². The highest BCUT2D eigenvalue weighted by Gasteiger charge is 2.13. The molecule has 0 fully saturated rings. The quantitative estimate of drug-likeness (QED) is 0.407. The number of hydrogen-bond acceptors (Lipinski definition) is 5. The third kappa shape index (κ3) is 2.98. The summed E-state index contributed by atoms with van der Waals surface area (Å²) in [4.78, 5) is 28.6. The van der Waals surface area contributed by atoms with Crippen molar-refractivity contribution in [3.63, 3.8) is 0 Å². The predicted molar refractivity (Wildman–Crippen MR) is 95.6 cm³/mol. The Balaban J connectivity index is 2.12. The number of fused-ring (bicyclic) bond motifs is 1. The maximum Gasteiger partial charge on any atom is 0.280 e. The van der Waals surface area contributed by atoms with E-state index in [1.54, 1.807) is 29.8 Å². The van der Waals surface area contributed by atoms with Gasteiger partial charge in [0.25, 0.3) is 11.6 Å². The van der Waals surface area contributed by atoms with E-state index in [0.29, 0.717) is 15.9 Å². The Bertz CT molecular complexity index is 1020. The van der Waals surface area contributed by atoms with Crippen molar-refractivity contribution in [2.24, 2.45) is 12.0 Å². The fourth-order valence-corrected chi connectivity index (χ4v) is 3.89. The summed E-state index contributed by atoms with van der Waals surface area (Å²) < 4.78 is 2.54. The highest BCUT2D eigenvalue weighted by Crippen LogP contribution is 2.23. The zero-order valence-electron chi connectivity index (χ0n) is 12.9. The third-order valence-corrected chi connectivity index (χ3v) is 5.45. The molecule has 3 rings (SSSR count). The SMILES string of the molecule is CSc1ccccc1C(=O)N=c1sc2ccc([N+](=O)[O-])cc2n1C. The van der Waals surface area contributed by atoms with Gasteiger partial charge in [0, 0.05) is 24.1 Å². The van der Waals surface area contributed by atoms with E-state index in [0.717, 1.165) is 9.60 Å². The van der Waals surface area contributed by atoms with Gasteiger partial charge in [0.05, 0.1) is 20.7 Å². The van der Waals surface area contributed by atoms with Crippen molar-refractivity contribution in [3.8, 4) is 0 Å². The largest absolute Gasteiger partial charge is 0.319 e. The van der Waals surface area contributed by atoms with Gasteiger partial charge in [-0.15, -0.1) is 11.8 Å². The number of amides is 1. The third-order valence-electron chi connectivity index (χ3n) is 3.54. The molecule has 2 aromatic carbocycles. The van der Waals surface area contributed by atoms with E-state index in [1.165, 1.54) is 35.2 Å². The van der Waals surface area contributed by atoms with Crippen LogP contribution in [0.3, 0.4) is 0 Å². The van der Waals surface area contributed by atoms with Crippen LogP contribution in [-0.2, 0) is 7.05 Å². The number of nitro benzene ring substituents is 1. The normalized spacial score (nSPS) is 11.8. The summed E-state index contributed by atoms with van der Waals surface area (Å²) in [5.41, 5.74) is 1.24. The first kappa shape index (κ1) is 16.4. The number of aromatic nitrogens is 1. The van der Waals surface area contributed by atoms with E-state index < -0.39 is 4.92 Å². The molecule has 122 valence electrons. The summed E-state index contributed by atoms with van der Waals surface area (Å²) in [7, 11) is 1.75. The van der Waals surface area contributed by atoms with Gasteiger partial charge < -0.3 is 4.57 Å². The first-order valence-corrected chi connectivity index (χ1v) is 9.01. The highest BCUT2D eigenvalue weighted by molar-refractivity contribution is 7.98. The highest BCUT2D eigenvalue weighted by atomic mass is 32.2. The number of hydrogen-bond donors (Lipinski definition) is 0. The Kier molecular flexibility index (Phi) is 4.50. The van der Waals surface area contributed by atoms with E-state index in [2.05, 4.69) is 4.99 Å². The number of carbonyl (C=O) groups excluding carboxylic acids is 1. The van der Waals surface area contributed by atoms with Crippen LogP contribution >= 0.6 is 23.1 Å². The van der Waals surface area contributed by atoms with Crippen LogP contribution in [0.15, 0.2) is 52.4 Å². The molecule has 6 nitrogen and oxygen atoms in total. The first-order chi connectivity index (χ1) is 11.5. The predicted octanol–water partition coefficient (Wildman–Crippen LogP) is 3.61. The van der Waals surface area contributed by atoms with Gasteiger partial charge in [-0.3, -0.25) is 14.9 Å². The molecule has 0 N–H and O–H groups in total. The standard InChI is InChI=1S/C16H13N3O3S2/c1-18-12-9-10(19(21)22)7-8-14(12)24-16(18)17-15(20)11-5-3-4-6-13(11)23-2/h3-9H,1-2H3. The van der Waals surface area contributed by atoms with Crippen LogP contribution in [0.5, 0.6) is 0 Å². The number of rotatable bonds is 3. The van der Waals surface area contributed by atoms with E-state index in [9.17, 15) is 14.9 Å². The number of aryl methyl sites for hydroxylation is 1. The zero-order valence-corrected chi connectivity index (χ0v) is 14.6. The Morgan fingerprint density at radius 2 is 2.04 bits per heavy atom. The van der Waals surface area contributed by atoms with Crippen LogP contribution in [0.25, 0.3) is 10.2 Å². The number of nitro groups is 1. The minimum atomic E-state index is -0.437. The lowest BCUT2D eigenvalue weighted by Crippen LogP contribution is -2.13.